The Hall–Kier alpha value is -1.18. The molecule has 0 aliphatic carbocycles. The summed E-state index contributed by atoms with van der Waals surface area (Å²) in [4.78, 5) is 26.0. The van der Waals surface area contributed by atoms with E-state index in [1.165, 1.54) is 0 Å². The van der Waals surface area contributed by atoms with Crippen LogP contribution in [0, 0.1) is 0 Å². The molecule has 1 fully saturated rings. The van der Waals surface area contributed by atoms with Crippen LogP contribution in [0.2, 0.25) is 0 Å². The summed E-state index contributed by atoms with van der Waals surface area (Å²) in [5.74, 6) is -0.367. The largest absolute Gasteiger partial charge is 0.395 e. The third-order valence-corrected chi connectivity index (χ3v) is 2.73. The molecule has 0 bridgehead atoms. The number of hydrogen-bond donors (Lipinski definition) is 3. The zero-order valence-corrected chi connectivity index (χ0v) is 9.89. The van der Waals surface area contributed by atoms with Crippen LogP contribution >= 0.6 is 0 Å². The number of aliphatic hydroxyl groups is 1. The molecule has 1 aliphatic rings. The molecule has 0 radical (unpaired) electrons. The number of nitrogens with zero attached hydrogens (tertiary/aromatic N) is 2. The fraction of sp³-hybridized carbons (Fsp3) is 0.800. The Morgan fingerprint density at radius 2 is 1.82 bits per heavy atom. The Morgan fingerprint density at radius 3 is 2.47 bits per heavy atom. The van der Waals surface area contributed by atoms with E-state index in [1.54, 1.807) is 0 Å². The van der Waals surface area contributed by atoms with Gasteiger partial charge in [-0.25, -0.2) is 4.79 Å². The Labute approximate surface area is 101 Å². The molecule has 7 nitrogen and oxygen atoms in total. The first-order valence-corrected chi connectivity index (χ1v) is 5.76. The Bertz CT molecular complexity index is 272. The Kier molecular flexibility index (Phi) is 5.88. The molecule has 0 saturated carbocycles. The lowest BCUT2D eigenvalue weighted by Gasteiger charge is -2.20. The van der Waals surface area contributed by atoms with Gasteiger partial charge < -0.3 is 10.8 Å². The zero-order valence-electron chi connectivity index (χ0n) is 9.89. The molecule has 4 N–H and O–H groups in total. The van der Waals surface area contributed by atoms with Crippen molar-refractivity contribution in [3.05, 3.63) is 0 Å². The van der Waals surface area contributed by atoms with E-state index in [0.717, 1.165) is 32.6 Å². The third kappa shape index (κ3) is 5.62. The van der Waals surface area contributed by atoms with Crippen LogP contribution in [0.3, 0.4) is 0 Å². The number of β-amino-alcohol motifs (C(OH)–C–C–N with tert-alkyl or cyclic N) is 1. The number of carbonyl (C=O) groups is 2. The molecule has 0 aromatic heterocycles. The summed E-state index contributed by atoms with van der Waals surface area (Å²) >= 11 is 0. The second-order valence-electron chi connectivity index (χ2n) is 4.11. The van der Waals surface area contributed by atoms with Crippen LogP contribution in [-0.2, 0) is 4.79 Å². The maximum atomic E-state index is 11.3. The summed E-state index contributed by atoms with van der Waals surface area (Å²) in [7, 11) is 0. The second-order valence-corrected chi connectivity index (χ2v) is 4.11. The molecule has 0 atom stereocenters. The Morgan fingerprint density at radius 1 is 1.18 bits per heavy atom. The molecule has 1 rings (SSSR count). The predicted octanol–water partition coefficient (Wildman–Crippen LogP) is -1.82. The van der Waals surface area contributed by atoms with Crippen LogP contribution in [0.1, 0.15) is 6.42 Å². The first kappa shape index (κ1) is 13.9. The molecule has 1 saturated heterocycles. The van der Waals surface area contributed by atoms with Crippen molar-refractivity contribution < 1.29 is 14.7 Å². The summed E-state index contributed by atoms with van der Waals surface area (Å²) in [5.41, 5.74) is 4.87. The van der Waals surface area contributed by atoms with Gasteiger partial charge in [0, 0.05) is 19.6 Å². The van der Waals surface area contributed by atoms with Crippen molar-refractivity contribution in [3.8, 4) is 0 Å². The number of imide groups is 1. The molecule has 0 spiro atoms. The van der Waals surface area contributed by atoms with Gasteiger partial charge in [0.05, 0.1) is 13.2 Å². The van der Waals surface area contributed by atoms with Crippen LogP contribution in [-0.4, -0.2) is 72.7 Å². The van der Waals surface area contributed by atoms with E-state index in [-0.39, 0.29) is 19.1 Å². The summed E-state index contributed by atoms with van der Waals surface area (Å²) < 4.78 is 0. The molecule has 7 heteroatoms. The Balaban J connectivity index is 2.31. The van der Waals surface area contributed by atoms with E-state index in [4.69, 9.17) is 10.8 Å². The summed E-state index contributed by atoms with van der Waals surface area (Å²) in [6, 6.07) is -0.813. The molecule has 98 valence electrons. The lowest BCUT2D eigenvalue weighted by Crippen LogP contribution is -2.43. The van der Waals surface area contributed by atoms with Gasteiger partial charge in [-0.05, 0) is 19.5 Å². The highest BCUT2D eigenvalue weighted by molar-refractivity contribution is 5.94. The summed E-state index contributed by atoms with van der Waals surface area (Å²) in [6.45, 7) is 4.33. The van der Waals surface area contributed by atoms with Gasteiger partial charge in [-0.3, -0.25) is 19.9 Å². The van der Waals surface area contributed by atoms with Gasteiger partial charge in [0.2, 0.25) is 5.91 Å². The van der Waals surface area contributed by atoms with E-state index in [9.17, 15) is 9.59 Å². The maximum Gasteiger partial charge on any atom is 0.318 e. The normalized spacial score (nSPS) is 18.6. The molecule has 17 heavy (non-hydrogen) atoms. The number of hydrogen-bond acceptors (Lipinski definition) is 5. The van der Waals surface area contributed by atoms with E-state index in [0.29, 0.717) is 6.54 Å². The molecule has 1 aliphatic heterocycles. The minimum atomic E-state index is -0.813. The fourth-order valence-corrected chi connectivity index (χ4v) is 1.93. The van der Waals surface area contributed by atoms with E-state index in [1.807, 2.05) is 4.90 Å². The van der Waals surface area contributed by atoms with Gasteiger partial charge >= 0.3 is 6.03 Å². The molecule has 0 aromatic carbocycles. The molecular weight excluding hydrogens is 224 g/mol. The standard InChI is InChI=1S/C10H20N4O3/c11-10(17)12-9(16)8-14-3-1-2-13(4-5-14)6-7-15/h15H,1-8H2,(H3,11,12,16,17). The highest BCUT2D eigenvalue weighted by Gasteiger charge is 2.16. The van der Waals surface area contributed by atoms with Crippen molar-refractivity contribution in [3.63, 3.8) is 0 Å². The number of aliphatic hydroxyl groups excluding tert-OH is 1. The van der Waals surface area contributed by atoms with Gasteiger partial charge in [0.1, 0.15) is 0 Å². The van der Waals surface area contributed by atoms with Gasteiger partial charge in [0.15, 0.2) is 0 Å². The van der Waals surface area contributed by atoms with Crippen molar-refractivity contribution in [2.24, 2.45) is 5.73 Å². The molecule has 3 amide bonds. The first-order chi connectivity index (χ1) is 8.11. The average molecular weight is 244 g/mol. The number of nitrogens with two attached hydrogens (primary N) is 1. The highest BCUT2D eigenvalue weighted by Crippen LogP contribution is 2.02. The zero-order chi connectivity index (χ0) is 12.7. The third-order valence-electron chi connectivity index (χ3n) is 2.73. The smallest absolute Gasteiger partial charge is 0.318 e. The van der Waals surface area contributed by atoms with Crippen molar-refractivity contribution in [2.45, 2.75) is 6.42 Å². The summed E-state index contributed by atoms with van der Waals surface area (Å²) in [6.07, 6.45) is 0.948. The SMILES string of the molecule is NC(=O)NC(=O)CN1CCCN(CCO)CC1. The predicted molar refractivity (Wildman–Crippen MR) is 62.3 cm³/mol. The molecule has 0 unspecified atom stereocenters. The number of primary amides is 1. The van der Waals surface area contributed by atoms with E-state index < -0.39 is 6.03 Å². The topological polar surface area (TPSA) is 98.9 Å². The van der Waals surface area contributed by atoms with Gasteiger partial charge in [0.25, 0.3) is 0 Å². The van der Waals surface area contributed by atoms with Crippen LogP contribution in [0.4, 0.5) is 4.79 Å². The van der Waals surface area contributed by atoms with E-state index >= 15 is 0 Å². The van der Waals surface area contributed by atoms with Gasteiger partial charge in [-0.2, -0.15) is 0 Å². The number of amides is 3. The van der Waals surface area contributed by atoms with Crippen LogP contribution in [0.25, 0.3) is 0 Å². The maximum absolute atomic E-state index is 11.3. The summed E-state index contributed by atoms with van der Waals surface area (Å²) in [5, 5.41) is 10.9. The van der Waals surface area contributed by atoms with Gasteiger partial charge in [-0.1, -0.05) is 0 Å². The lowest BCUT2D eigenvalue weighted by molar-refractivity contribution is -0.121. The monoisotopic (exact) mass is 244 g/mol. The molecule has 1 heterocycles. The van der Waals surface area contributed by atoms with Crippen LogP contribution in [0.5, 0.6) is 0 Å². The van der Waals surface area contributed by atoms with Crippen molar-refractivity contribution in [1.82, 2.24) is 15.1 Å². The number of rotatable bonds is 4. The van der Waals surface area contributed by atoms with E-state index in [2.05, 4.69) is 10.2 Å². The van der Waals surface area contributed by atoms with Crippen molar-refractivity contribution in [2.75, 3.05) is 45.9 Å². The molecule has 0 aromatic rings. The van der Waals surface area contributed by atoms with Crippen LogP contribution in [0.15, 0.2) is 0 Å². The van der Waals surface area contributed by atoms with Crippen molar-refractivity contribution >= 4 is 11.9 Å². The van der Waals surface area contributed by atoms with Crippen molar-refractivity contribution in [1.29, 1.82) is 0 Å². The lowest BCUT2D eigenvalue weighted by atomic mass is 10.3. The number of urea groups is 1. The minimum Gasteiger partial charge on any atom is -0.395 e. The number of carbonyl (C=O) groups excluding carboxylic acids is 2. The fourth-order valence-electron chi connectivity index (χ4n) is 1.93. The second kappa shape index (κ2) is 7.21. The minimum absolute atomic E-state index is 0.155. The first-order valence-electron chi connectivity index (χ1n) is 5.76. The highest BCUT2D eigenvalue weighted by atomic mass is 16.3. The quantitative estimate of drug-likeness (QED) is 0.541. The molecular formula is C10H20N4O3. The van der Waals surface area contributed by atoms with Gasteiger partial charge in [-0.15, -0.1) is 0 Å². The number of nitrogens with one attached hydrogen (secondary N) is 1. The van der Waals surface area contributed by atoms with Crippen LogP contribution < -0.4 is 11.1 Å². The average Bonchev–Trinajstić information content (AvgIpc) is 2.43.